The monoisotopic (exact) mass is 264 g/mol. The van der Waals surface area contributed by atoms with Gasteiger partial charge in [-0.05, 0) is 19.1 Å². The van der Waals surface area contributed by atoms with Crippen LogP contribution in [-0.2, 0) is 9.47 Å². The van der Waals surface area contributed by atoms with Gasteiger partial charge in [0.05, 0.1) is 23.7 Å². The van der Waals surface area contributed by atoms with Crippen LogP contribution in [0.5, 0.6) is 0 Å². The fourth-order valence-corrected chi connectivity index (χ4v) is 1.12. The number of rotatable bonds is 4. The standard InChI is InChI=1S/C12H10O4.C2H6O/c1-3-15-11(13)9-7-5-6-8-10(9)12(14)16-4-2;1-2-3/h3-8H,1-2H2;3H,2H2,1H3. The highest BCUT2D eigenvalue weighted by Gasteiger charge is 2.17. The Morgan fingerprint density at radius 1 is 1.11 bits per heavy atom. The minimum atomic E-state index is -0.661. The molecule has 0 saturated heterocycles. The van der Waals surface area contributed by atoms with Gasteiger partial charge in [0.1, 0.15) is 0 Å². The third kappa shape index (κ3) is 5.65. The van der Waals surface area contributed by atoms with Gasteiger partial charge < -0.3 is 14.6 Å². The van der Waals surface area contributed by atoms with Crippen LogP contribution in [0.4, 0.5) is 0 Å². The fourth-order valence-electron chi connectivity index (χ4n) is 1.12. The molecule has 5 nitrogen and oxygen atoms in total. The Morgan fingerprint density at radius 2 is 1.42 bits per heavy atom. The van der Waals surface area contributed by atoms with E-state index in [1.807, 2.05) is 0 Å². The molecule has 0 radical (unpaired) electrons. The zero-order valence-electron chi connectivity index (χ0n) is 10.7. The molecule has 0 aliphatic heterocycles. The van der Waals surface area contributed by atoms with Gasteiger partial charge in [0, 0.05) is 6.61 Å². The van der Waals surface area contributed by atoms with E-state index in [1.54, 1.807) is 19.1 Å². The van der Waals surface area contributed by atoms with Crippen molar-refractivity contribution < 1.29 is 24.2 Å². The van der Waals surface area contributed by atoms with Gasteiger partial charge >= 0.3 is 11.9 Å². The van der Waals surface area contributed by atoms with Crippen molar-refractivity contribution in [3.63, 3.8) is 0 Å². The number of benzene rings is 1. The first-order valence-electron chi connectivity index (χ1n) is 5.46. The van der Waals surface area contributed by atoms with E-state index in [-0.39, 0.29) is 17.7 Å². The van der Waals surface area contributed by atoms with Crippen LogP contribution < -0.4 is 0 Å². The molecule has 0 aliphatic carbocycles. The molecule has 0 amide bonds. The fraction of sp³-hybridized carbons (Fsp3) is 0.143. The third-order valence-electron chi connectivity index (χ3n) is 1.75. The molecule has 0 bridgehead atoms. The number of ether oxygens (including phenoxy) is 2. The molecule has 0 atom stereocenters. The van der Waals surface area contributed by atoms with Gasteiger partial charge in [0.15, 0.2) is 0 Å². The van der Waals surface area contributed by atoms with E-state index < -0.39 is 11.9 Å². The van der Waals surface area contributed by atoms with Crippen LogP contribution in [0.3, 0.4) is 0 Å². The summed E-state index contributed by atoms with van der Waals surface area (Å²) in [7, 11) is 0. The highest BCUT2D eigenvalue weighted by molar-refractivity contribution is 6.03. The molecule has 5 heteroatoms. The van der Waals surface area contributed by atoms with E-state index >= 15 is 0 Å². The second-order valence-corrected chi connectivity index (χ2v) is 3.01. The Bertz CT molecular complexity index is 410. The lowest BCUT2D eigenvalue weighted by atomic mass is 10.1. The van der Waals surface area contributed by atoms with Crippen LogP contribution in [0.25, 0.3) is 0 Å². The Balaban J connectivity index is 0.000000982. The highest BCUT2D eigenvalue weighted by atomic mass is 16.5. The van der Waals surface area contributed by atoms with E-state index in [0.717, 1.165) is 12.5 Å². The number of hydrogen-bond acceptors (Lipinski definition) is 5. The topological polar surface area (TPSA) is 72.8 Å². The molecule has 0 aliphatic rings. The lowest BCUT2D eigenvalue weighted by Crippen LogP contribution is -2.10. The zero-order valence-corrected chi connectivity index (χ0v) is 10.7. The maximum absolute atomic E-state index is 11.4. The lowest BCUT2D eigenvalue weighted by molar-refractivity contribution is 0.0619. The van der Waals surface area contributed by atoms with Crippen molar-refractivity contribution in [2.45, 2.75) is 6.92 Å². The first kappa shape index (κ1) is 16.6. The molecule has 102 valence electrons. The van der Waals surface area contributed by atoms with Gasteiger partial charge in [0.25, 0.3) is 0 Å². The molecule has 0 heterocycles. The SMILES string of the molecule is C=COC(=O)c1ccccc1C(=O)OC=C.CCO. The average molecular weight is 264 g/mol. The quantitative estimate of drug-likeness (QED) is 0.667. The van der Waals surface area contributed by atoms with Gasteiger partial charge in [-0.3, -0.25) is 0 Å². The van der Waals surface area contributed by atoms with Crippen molar-refractivity contribution in [1.82, 2.24) is 0 Å². The summed E-state index contributed by atoms with van der Waals surface area (Å²) in [5.41, 5.74) is 0.239. The Labute approximate surface area is 111 Å². The lowest BCUT2D eigenvalue weighted by Gasteiger charge is -2.05. The molecule has 1 N–H and O–H groups in total. The smallest absolute Gasteiger partial charge is 0.343 e. The molecule has 0 spiro atoms. The molecule has 0 aromatic heterocycles. The van der Waals surface area contributed by atoms with Crippen LogP contribution in [0.15, 0.2) is 49.9 Å². The first-order chi connectivity index (χ1) is 9.12. The molecule has 0 saturated carbocycles. The average Bonchev–Trinajstić information content (AvgIpc) is 2.40. The summed E-state index contributed by atoms with van der Waals surface area (Å²) in [5, 5.41) is 7.57. The predicted molar refractivity (Wildman–Crippen MR) is 70.4 cm³/mol. The van der Waals surface area contributed by atoms with Crippen molar-refractivity contribution in [2.75, 3.05) is 6.61 Å². The van der Waals surface area contributed by atoms with Gasteiger partial charge in [-0.1, -0.05) is 25.3 Å². The van der Waals surface area contributed by atoms with Crippen LogP contribution in [-0.4, -0.2) is 23.7 Å². The van der Waals surface area contributed by atoms with Crippen LogP contribution in [0.2, 0.25) is 0 Å². The molecule has 1 aromatic carbocycles. The molecule has 1 aromatic rings. The van der Waals surface area contributed by atoms with E-state index in [2.05, 4.69) is 22.6 Å². The largest absolute Gasteiger partial charge is 0.432 e. The van der Waals surface area contributed by atoms with Crippen LogP contribution >= 0.6 is 0 Å². The number of esters is 2. The number of hydrogen-bond donors (Lipinski definition) is 1. The van der Waals surface area contributed by atoms with E-state index in [9.17, 15) is 9.59 Å². The van der Waals surface area contributed by atoms with Crippen molar-refractivity contribution in [2.24, 2.45) is 0 Å². The summed E-state index contributed by atoms with van der Waals surface area (Å²) in [4.78, 5) is 22.9. The maximum atomic E-state index is 11.4. The van der Waals surface area contributed by atoms with Gasteiger partial charge in [-0.15, -0.1) is 0 Å². The summed E-state index contributed by atoms with van der Waals surface area (Å²) < 4.78 is 9.18. The number of carbonyl (C=O) groups is 2. The second-order valence-electron chi connectivity index (χ2n) is 3.01. The minimum Gasteiger partial charge on any atom is -0.432 e. The molecular formula is C14H16O5. The predicted octanol–water partition coefficient (Wildman–Crippen LogP) is 2.29. The summed E-state index contributed by atoms with van der Waals surface area (Å²) >= 11 is 0. The van der Waals surface area contributed by atoms with Gasteiger partial charge in [-0.25, -0.2) is 9.59 Å². The Morgan fingerprint density at radius 3 is 1.68 bits per heavy atom. The molecule has 0 fully saturated rings. The summed E-state index contributed by atoms with van der Waals surface area (Å²) in [6.07, 6.45) is 2.00. The molecular weight excluding hydrogens is 248 g/mol. The Kier molecular flexibility index (Phi) is 8.40. The second kappa shape index (κ2) is 9.61. The third-order valence-corrected chi connectivity index (χ3v) is 1.75. The van der Waals surface area contributed by atoms with Crippen molar-refractivity contribution in [3.8, 4) is 0 Å². The molecule has 1 rings (SSSR count). The summed E-state index contributed by atoms with van der Waals surface area (Å²) in [6.45, 7) is 8.45. The van der Waals surface area contributed by atoms with Crippen LogP contribution in [0.1, 0.15) is 27.6 Å². The van der Waals surface area contributed by atoms with Crippen molar-refractivity contribution in [3.05, 3.63) is 61.1 Å². The number of carbonyl (C=O) groups excluding carboxylic acids is 2. The van der Waals surface area contributed by atoms with E-state index in [4.69, 9.17) is 5.11 Å². The van der Waals surface area contributed by atoms with Crippen LogP contribution in [0, 0.1) is 0 Å². The van der Waals surface area contributed by atoms with Gasteiger partial charge in [-0.2, -0.15) is 0 Å². The van der Waals surface area contributed by atoms with E-state index in [1.165, 1.54) is 12.1 Å². The number of aliphatic hydroxyl groups is 1. The normalized spacial score (nSPS) is 8.53. The highest BCUT2D eigenvalue weighted by Crippen LogP contribution is 2.12. The van der Waals surface area contributed by atoms with E-state index in [0.29, 0.717) is 0 Å². The minimum absolute atomic E-state index is 0.120. The summed E-state index contributed by atoms with van der Waals surface area (Å²) in [5.74, 6) is -1.32. The van der Waals surface area contributed by atoms with Crippen molar-refractivity contribution >= 4 is 11.9 Å². The molecule has 19 heavy (non-hydrogen) atoms. The number of aliphatic hydroxyl groups excluding tert-OH is 1. The zero-order chi connectivity index (χ0) is 14.7. The molecule has 0 unspecified atom stereocenters. The summed E-state index contributed by atoms with van der Waals surface area (Å²) in [6, 6.07) is 6.16. The van der Waals surface area contributed by atoms with Crippen molar-refractivity contribution in [1.29, 1.82) is 0 Å². The first-order valence-corrected chi connectivity index (χ1v) is 5.46. The Hall–Kier alpha value is -2.40. The maximum Gasteiger partial charge on any atom is 0.343 e. The van der Waals surface area contributed by atoms with Gasteiger partial charge in [0.2, 0.25) is 0 Å².